The summed E-state index contributed by atoms with van der Waals surface area (Å²) in [6.07, 6.45) is 7.48. The zero-order valence-electron chi connectivity index (χ0n) is 13.4. The van der Waals surface area contributed by atoms with Crippen LogP contribution in [0, 0.1) is 19.3 Å². The first-order valence-corrected chi connectivity index (χ1v) is 9.43. The van der Waals surface area contributed by atoms with Gasteiger partial charge in [-0.25, -0.2) is 0 Å². The van der Waals surface area contributed by atoms with Gasteiger partial charge < -0.3 is 4.57 Å². The maximum absolute atomic E-state index is 12.5. The third-order valence-electron chi connectivity index (χ3n) is 3.60. The second kappa shape index (κ2) is 7.08. The molecule has 24 heavy (non-hydrogen) atoms. The van der Waals surface area contributed by atoms with Gasteiger partial charge in [0.25, 0.3) is 5.91 Å². The lowest BCUT2D eigenvalue weighted by Crippen LogP contribution is -2.16. The molecule has 3 rings (SSSR count). The summed E-state index contributed by atoms with van der Waals surface area (Å²) in [5, 5.41) is 0. The maximum atomic E-state index is 12.5. The van der Waals surface area contributed by atoms with E-state index in [0.717, 1.165) is 15.1 Å². The van der Waals surface area contributed by atoms with Gasteiger partial charge in [0.15, 0.2) is 4.80 Å². The molecule has 0 bridgehead atoms. The molecule has 120 valence electrons. The largest absolute Gasteiger partial charge is 0.305 e. The molecule has 0 saturated heterocycles. The zero-order chi connectivity index (χ0) is 17.1. The first-order chi connectivity index (χ1) is 11.6. The average molecular weight is 352 g/mol. The topological polar surface area (TPSA) is 34.4 Å². The van der Waals surface area contributed by atoms with Crippen molar-refractivity contribution in [3.8, 4) is 12.3 Å². The van der Waals surface area contributed by atoms with Gasteiger partial charge in [0, 0.05) is 10.5 Å². The normalized spacial score (nSPS) is 11.6. The van der Waals surface area contributed by atoms with Gasteiger partial charge in [-0.3, -0.25) is 4.79 Å². The Hall–Kier alpha value is -2.29. The molecule has 1 aromatic heterocycles. The molecular formula is C19H16N2OS2. The van der Waals surface area contributed by atoms with Crippen molar-refractivity contribution in [1.82, 2.24) is 4.57 Å². The van der Waals surface area contributed by atoms with Crippen LogP contribution in [0.25, 0.3) is 10.2 Å². The van der Waals surface area contributed by atoms with Crippen LogP contribution >= 0.6 is 23.1 Å². The molecule has 1 heterocycles. The van der Waals surface area contributed by atoms with Crippen LogP contribution in [0.4, 0.5) is 0 Å². The Bertz CT molecular complexity index is 1020. The Morgan fingerprint density at radius 2 is 2.17 bits per heavy atom. The molecule has 5 heteroatoms. The SMILES string of the molecule is C#CCn1c(=NC(=O)c2cccc(SC)c2)sc2cc(C)ccc21. The Balaban J connectivity index is 2.13. The predicted molar refractivity (Wildman–Crippen MR) is 102 cm³/mol. The van der Waals surface area contributed by atoms with E-state index in [-0.39, 0.29) is 5.91 Å². The molecule has 3 nitrogen and oxygen atoms in total. The first-order valence-electron chi connectivity index (χ1n) is 7.39. The van der Waals surface area contributed by atoms with Crippen molar-refractivity contribution in [2.45, 2.75) is 18.4 Å². The summed E-state index contributed by atoms with van der Waals surface area (Å²) in [6, 6.07) is 13.6. The van der Waals surface area contributed by atoms with Crippen molar-refractivity contribution in [3.05, 3.63) is 58.4 Å². The minimum absolute atomic E-state index is 0.250. The molecule has 0 unspecified atom stereocenters. The molecule has 0 N–H and O–H groups in total. The number of terminal acetylenes is 1. The van der Waals surface area contributed by atoms with Gasteiger partial charge in [-0.05, 0) is 49.1 Å². The van der Waals surface area contributed by atoms with Gasteiger partial charge in [-0.2, -0.15) is 4.99 Å². The molecule has 2 aromatic carbocycles. The third kappa shape index (κ3) is 3.30. The summed E-state index contributed by atoms with van der Waals surface area (Å²) in [4.78, 5) is 18.5. The van der Waals surface area contributed by atoms with E-state index in [0.29, 0.717) is 16.9 Å². The number of thiazole rings is 1. The van der Waals surface area contributed by atoms with Crippen molar-refractivity contribution >= 4 is 39.2 Å². The summed E-state index contributed by atoms with van der Waals surface area (Å²) in [5.41, 5.74) is 2.76. The number of aryl methyl sites for hydroxylation is 1. The van der Waals surface area contributed by atoms with Crippen LogP contribution in [-0.2, 0) is 6.54 Å². The van der Waals surface area contributed by atoms with Gasteiger partial charge in [0.2, 0.25) is 0 Å². The fourth-order valence-corrected chi connectivity index (χ4v) is 4.00. The number of rotatable bonds is 3. The Morgan fingerprint density at radius 1 is 1.33 bits per heavy atom. The highest BCUT2D eigenvalue weighted by atomic mass is 32.2. The molecule has 0 fully saturated rings. The molecule has 1 amide bonds. The average Bonchev–Trinajstić information content (AvgIpc) is 2.91. The highest BCUT2D eigenvalue weighted by Crippen LogP contribution is 2.19. The van der Waals surface area contributed by atoms with Gasteiger partial charge in [0.1, 0.15) is 0 Å². The van der Waals surface area contributed by atoms with E-state index in [1.54, 1.807) is 17.8 Å². The van der Waals surface area contributed by atoms with Crippen molar-refractivity contribution in [2.75, 3.05) is 6.26 Å². The number of thioether (sulfide) groups is 1. The van der Waals surface area contributed by atoms with E-state index in [2.05, 4.69) is 17.0 Å². The highest BCUT2D eigenvalue weighted by Gasteiger charge is 2.09. The van der Waals surface area contributed by atoms with Gasteiger partial charge >= 0.3 is 0 Å². The van der Waals surface area contributed by atoms with E-state index >= 15 is 0 Å². The number of amides is 1. The van der Waals surface area contributed by atoms with E-state index < -0.39 is 0 Å². The molecule has 0 aliphatic heterocycles. The number of nitrogens with zero attached hydrogens (tertiary/aromatic N) is 2. The molecule has 0 atom stereocenters. The van der Waals surface area contributed by atoms with Crippen molar-refractivity contribution in [1.29, 1.82) is 0 Å². The Morgan fingerprint density at radius 3 is 2.92 bits per heavy atom. The summed E-state index contributed by atoms with van der Waals surface area (Å²) in [5.74, 6) is 2.39. The number of benzene rings is 2. The maximum Gasteiger partial charge on any atom is 0.279 e. The standard InChI is InChI=1S/C19H16N2OS2/c1-4-10-21-16-9-8-13(2)11-17(16)24-19(21)20-18(22)14-6-5-7-15(12-14)23-3/h1,5-9,11-12H,10H2,2-3H3. The second-order valence-corrected chi connectivity index (χ2v) is 7.18. The summed E-state index contributed by atoms with van der Waals surface area (Å²) in [6.45, 7) is 2.43. The quantitative estimate of drug-likeness (QED) is 0.525. The number of hydrogen-bond donors (Lipinski definition) is 0. The van der Waals surface area contributed by atoms with Gasteiger partial charge in [-0.15, -0.1) is 18.2 Å². The summed E-state index contributed by atoms with van der Waals surface area (Å²) in [7, 11) is 0. The first kappa shape index (κ1) is 16.6. The van der Waals surface area contributed by atoms with Crippen LogP contribution in [-0.4, -0.2) is 16.7 Å². The fraction of sp³-hybridized carbons (Fsp3) is 0.158. The monoisotopic (exact) mass is 352 g/mol. The van der Waals surface area contributed by atoms with Crippen LogP contribution in [0.5, 0.6) is 0 Å². The highest BCUT2D eigenvalue weighted by molar-refractivity contribution is 7.98. The minimum Gasteiger partial charge on any atom is -0.305 e. The van der Waals surface area contributed by atoms with Crippen LogP contribution < -0.4 is 4.80 Å². The molecule has 0 aliphatic carbocycles. The number of carbonyl (C=O) groups is 1. The van der Waals surface area contributed by atoms with Crippen LogP contribution in [0.1, 0.15) is 15.9 Å². The number of aromatic nitrogens is 1. The number of carbonyl (C=O) groups excluding carboxylic acids is 1. The van der Waals surface area contributed by atoms with Crippen LogP contribution in [0.2, 0.25) is 0 Å². The third-order valence-corrected chi connectivity index (χ3v) is 5.37. The lowest BCUT2D eigenvalue weighted by atomic mass is 10.2. The van der Waals surface area contributed by atoms with Crippen molar-refractivity contribution in [3.63, 3.8) is 0 Å². The summed E-state index contributed by atoms with van der Waals surface area (Å²) < 4.78 is 2.99. The zero-order valence-corrected chi connectivity index (χ0v) is 15.1. The molecule has 0 saturated carbocycles. The van der Waals surface area contributed by atoms with E-state index in [4.69, 9.17) is 6.42 Å². The van der Waals surface area contributed by atoms with E-state index in [1.165, 1.54) is 16.9 Å². The Labute approximate surface area is 149 Å². The number of hydrogen-bond acceptors (Lipinski definition) is 3. The Kier molecular flexibility index (Phi) is 4.89. The predicted octanol–water partition coefficient (Wildman–Crippen LogP) is 4.11. The molecule has 0 radical (unpaired) electrons. The minimum atomic E-state index is -0.250. The lowest BCUT2D eigenvalue weighted by Gasteiger charge is -2.01. The van der Waals surface area contributed by atoms with E-state index in [9.17, 15) is 4.79 Å². The molecule has 0 spiro atoms. The van der Waals surface area contributed by atoms with Gasteiger partial charge in [0.05, 0.1) is 16.8 Å². The van der Waals surface area contributed by atoms with Crippen molar-refractivity contribution in [2.24, 2.45) is 4.99 Å². The molecular weight excluding hydrogens is 336 g/mol. The lowest BCUT2D eigenvalue weighted by molar-refractivity contribution is 0.0997. The van der Waals surface area contributed by atoms with Gasteiger partial charge in [-0.1, -0.05) is 29.4 Å². The molecule has 3 aromatic rings. The van der Waals surface area contributed by atoms with E-state index in [1.807, 2.05) is 48.1 Å². The van der Waals surface area contributed by atoms with Crippen molar-refractivity contribution < 1.29 is 4.79 Å². The van der Waals surface area contributed by atoms with Crippen LogP contribution in [0.15, 0.2) is 52.4 Å². The second-order valence-electron chi connectivity index (χ2n) is 5.29. The van der Waals surface area contributed by atoms with Crippen LogP contribution in [0.3, 0.4) is 0 Å². The molecule has 0 aliphatic rings. The smallest absolute Gasteiger partial charge is 0.279 e. The number of fused-ring (bicyclic) bond motifs is 1. The summed E-state index contributed by atoms with van der Waals surface area (Å²) >= 11 is 3.09. The fourth-order valence-electron chi connectivity index (χ4n) is 2.42.